The Labute approximate surface area is 166 Å². The molecule has 0 radical (unpaired) electrons. The zero-order valence-corrected chi connectivity index (χ0v) is 16.4. The molecule has 1 spiro atoms. The van der Waals surface area contributed by atoms with E-state index in [-0.39, 0.29) is 11.3 Å². The number of aliphatic hydroxyl groups excluding tert-OH is 1. The average Bonchev–Trinajstić information content (AvgIpc) is 2.70. The van der Waals surface area contributed by atoms with Crippen LogP contribution in [0.15, 0.2) is 42.9 Å². The third kappa shape index (κ3) is 4.23. The number of carbonyl (C=O) groups excluding carboxylic acids is 1. The standard InChI is InChI=1S/C22H28N4O2/c1-17-11-18(4-8-24-17)14-25-9-5-22(6-10-25)12-20(27)15-26(16-22)21(28)19-3-2-7-23-13-19/h2-4,7-8,11,13,20,27H,5-6,9-10,12,14-16H2,1H3. The molecule has 28 heavy (non-hydrogen) atoms. The number of hydrogen-bond donors (Lipinski definition) is 1. The number of piperidine rings is 2. The predicted octanol–water partition coefficient (Wildman–Crippen LogP) is 2.27. The fourth-order valence-electron chi connectivity index (χ4n) is 4.69. The van der Waals surface area contributed by atoms with Crippen LogP contribution in [-0.2, 0) is 6.54 Å². The molecule has 0 aromatic carbocycles. The molecule has 2 aromatic heterocycles. The van der Waals surface area contributed by atoms with Gasteiger partial charge in [0.05, 0.1) is 11.7 Å². The van der Waals surface area contributed by atoms with Crippen LogP contribution >= 0.6 is 0 Å². The Balaban J connectivity index is 1.40. The number of carbonyl (C=O) groups is 1. The maximum absolute atomic E-state index is 12.9. The van der Waals surface area contributed by atoms with E-state index >= 15 is 0 Å². The number of likely N-dealkylation sites (tertiary alicyclic amines) is 2. The first-order valence-electron chi connectivity index (χ1n) is 10.0. The van der Waals surface area contributed by atoms with Crippen molar-refractivity contribution in [1.82, 2.24) is 19.8 Å². The zero-order chi connectivity index (χ0) is 19.6. The first-order valence-corrected chi connectivity index (χ1v) is 10.0. The smallest absolute Gasteiger partial charge is 0.255 e. The summed E-state index contributed by atoms with van der Waals surface area (Å²) in [7, 11) is 0. The summed E-state index contributed by atoms with van der Waals surface area (Å²) in [5.74, 6) is -0.0269. The molecule has 148 valence electrons. The Kier molecular flexibility index (Phi) is 5.42. The van der Waals surface area contributed by atoms with E-state index in [0.717, 1.165) is 51.1 Å². The van der Waals surface area contributed by atoms with Crippen molar-refractivity contribution in [1.29, 1.82) is 0 Å². The summed E-state index contributed by atoms with van der Waals surface area (Å²) in [4.78, 5) is 25.5. The fraction of sp³-hybridized carbons (Fsp3) is 0.500. The number of aromatic nitrogens is 2. The van der Waals surface area contributed by atoms with E-state index in [1.165, 1.54) is 5.56 Å². The number of pyridine rings is 2. The first-order chi connectivity index (χ1) is 13.5. The Morgan fingerprint density at radius 3 is 2.82 bits per heavy atom. The molecule has 1 N–H and O–H groups in total. The van der Waals surface area contributed by atoms with Gasteiger partial charge in [0.1, 0.15) is 0 Å². The molecule has 6 nitrogen and oxygen atoms in total. The van der Waals surface area contributed by atoms with Crippen molar-refractivity contribution in [2.24, 2.45) is 5.41 Å². The minimum absolute atomic E-state index is 0.0141. The van der Waals surface area contributed by atoms with Gasteiger partial charge in [-0.1, -0.05) is 0 Å². The highest BCUT2D eigenvalue weighted by molar-refractivity contribution is 5.94. The second-order valence-electron chi connectivity index (χ2n) is 8.37. The lowest BCUT2D eigenvalue weighted by Crippen LogP contribution is -2.55. The topological polar surface area (TPSA) is 69.6 Å². The zero-order valence-electron chi connectivity index (χ0n) is 16.4. The molecule has 4 heterocycles. The van der Waals surface area contributed by atoms with Gasteiger partial charge < -0.3 is 10.0 Å². The van der Waals surface area contributed by atoms with E-state index in [9.17, 15) is 9.90 Å². The van der Waals surface area contributed by atoms with Crippen LogP contribution in [0.4, 0.5) is 0 Å². The van der Waals surface area contributed by atoms with Crippen LogP contribution in [0.25, 0.3) is 0 Å². The summed E-state index contributed by atoms with van der Waals surface area (Å²) in [5, 5.41) is 10.5. The molecule has 1 atom stereocenters. The van der Waals surface area contributed by atoms with Crippen molar-refractivity contribution in [3.8, 4) is 0 Å². The highest BCUT2D eigenvalue weighted by Crippen LogP contribution is 2.40. The minimum Gasteiger partial charge on any atom is -0.391 e. The molecule has 0 bridgehead atoms. The monoisotopic (exact) mass is 380 g/mol. The van der Waals surface area contributed by atoms with Gasteiger partial charge in [-0.15, -0.1) is 0 Å². The average molecular weight is 380 g/mol. The lowest BCUT2D eigenvalue weighted by Gasteiger charge is -2.49. The molecule has 1 unspecified atom stereocenters. The molecule has 2 fully saturated rings. The van der Waals surface area contributed by atoms with E-state index < -0.39 is 6.10 Å². The quantitative estimate of drug-likeness (QED) is 0.885. The molecule has 6 heteroatoms. The third-order valence-corrected chi connectivity index (χ3v) is 6.11. The summed E-state index contributed by atoms with van der Waals surface area (Å²) in [6, 6.07) is 7.80. The summed E-state index contributed by atoms with van der Waals surface area (Å²) < 4.78 is 0. The molecule has 2 aromatic rings. The number of aryl methyl sites for hydroxylation is 1. The SMILES string of the molecule is Cc1cc(CN2CCC3(CC2)CC(O)CN(C(=O)c2cccnc2)C3)ccn1. The van der Waals surface area contributed by atoms with Gasteiger partial charge in [0.2, 0.25) is 0 Å². The largest absolute Gasteiger partial charge is 0.391 e. The van der Waals surface area contributed by atoms with Crippen LogP contribution in [-0.4, -0.2) is 63.1 Å². The lowest BCUT2D eigenvalue weighted by molar-refractivity contribution is -0.0337. The van der Waals surface area contributed by atoms with E-state index in [1.807, 2.05) is 18.0 Å². The lowest BCUT2D eigenvalue weighted by atomic mass is 9.71. The second-order valence-corrected chi connectivity index (χ2v) is 8.37. The molecule has 0 saturated carbocycles. The first kappa shape index (κ1) is 19.0. The van der Waals surface area contributed by atoms with Crippen molar-refractivity contribution in [2.75, 3.05) is 26.2 Å². The van der Waals surface area contributed by atoms with Crippen molar-refractivity contribution in [3.63, 3.8) is 0 Å². The highest BCUT2D eigenvalue weighted by Gasteiger charge is 2.42. The summed E-state index contributed by atoms with van der Waals surface area (Å²) in [6.07, 6.45) is 7.49. The fourth-order valence-corrected chi connectivity index (χ4v) is 4.69. The summed E-state index contributed by atoms with van der Waals surface area (Å²) in [6.45, 7) is 6.06. The normalized spacial score (nSPS) is 22.4. The number of amides is 1. The Bertz CT molecular complexity index is 818. The van der Waals surface area contributed by atoms with Crippen LogP contribution in [0, 0.1) is 12.3 Å². The summed E-state index contributed by atoms with van der Waals surface area (Å²) in [5.41, 5.74) is 2.95. The van der Waals surface area contributed by atoms with Crippen LogP contribution in [0.1, 0.15) is 40.9 Å². The maximum atomic E-state index is 12.9. The number of aliphatic hydroxyl groups is 1. The number of rotatable bonds is 3. The van der Waals surface area contributed by atoms with E-state index in [0.29, 0.717) is 12.1 Å². The van der Waals surface area contributed by atoms with Crippen molar-refractivity contribution >= 4 is 5.91 Å². The number of hydrogen-bond acceptors (Lipinski definition) is 5. The Morgan fingerprint density at radius 2 is 2.11 bits per heavy atom. The molecule has 2 aliphatic heterocycles. The van der Waals surface area contributed by atoms with Gasteiger partial charge in [0.15, 0.2) is 0 Å². The van der Waals surface area contributed by atoms with Crippen molar-refractivity contribution < 1.29 is 9.90 Å². The van der Waals surface area contributed by atoms with Crippen molar-refractivity contribution in [2.45, 2.75) is 38.8 Å². The van der Waals surface area contributed by atoms with Crippen LogP contribution in [0.5, 0.6) is 0 Å². The number of β-amino-alcohol motifs (C(OH)–C–C–N with tert-alkyl or cyclic N) is 1. The Morgan fingerprint density at radius 1 is 1.29 bits per heavy atom. The van der Waals surface area contributed by atoms with Gasteiger partial charge in [0.25, 0.3) is 5.91 Å². The van der Waals surface area contributed by atoms with Gasteiger partial charge in [-0.3, -0.25) is 19.7 Å². The van der Waals surface area contributed by atoms with Crippen LogP contribution in [0.2, 0.25) is 0 Å². The van der Waals surface area contributed by atoms with Crippen LogP contribution in [0.3, 0.4) is 0 Å². The molecular formula is C22H28N4O2. The van der Waals surface area contributed by atoms with Gasteiger partial charge in [-0.05, 0) is 74.5 Å². The maximum Gasteiger partial charge on any atom is 0.255 e. The van der Waals surface area contributed by atoms with Crippen LogP contribution < -0.4 is 0 Å². The molecular weight excluding hydrogens is 352 g/mol. The number of nitrogens with zero attached hydrogens (tertiary/aromatic N) is 4. The van der Waals surface area contributed by atoms with Gasteiger partial charge in [-0.2, -0.15) is 0 Å². The molecule has 0 aliphatic carbocycles. The second kappa shape index (κ2) is 7.97. The van der Waals surface area contributed by atoms with Gasteiger partial charge >= 0.3 is 0 Å². The molecule has 2 aliphatic rings. The molecule has 2 saturated heterocycles. The molecule has 1 amide bonds. The predicted molar refractivity (Wildman–Crippen MR) is 107 cm³/mol. The minimum atomic E-state index is -0.455. The molecule has 4 rings (SSSR count). The van der Waals surface area contributed by atoms with Gasteiger partial charge in [-0.25, -0.2) is 0 Å². The Hall–Kier alpha value is -2.31. The highest BCUT2D eigenvalue weighted by atomic mass is 16.3. The van der Waals surface area contributed by atoms with E-state index in [2.05, 4.69) is 27.0 Å². The van der Waals surface area contributed by atoms with E-state index in [1.54, 1.807) is 24.5 Å². The third-order valence-electron chi connectivity index (χ3n) is 6.11. The summed E-state index contributed by atoms with van der Waals surface area (Å²) >= 11 is 0. The van der Waals surface area contributed by atoms with Gasteiger partial charge in [0, 0.05) is 43.9 Å². The van der Waals surface area contributed by atoms with Crippen molar-refractivity contribution in [3.05, 3.63) is 59.7 Å². The van der Waals surface area contributed by atoms with E-state index in [4.69, 9.17) is 0 Å².